The molecule has 2 aromatic carbocycles. The number of carboxylic acids is 1. The Hall–Kier alpha value is -2.92. The van der Waals surface area contributed by atoms with E-state index in [-0.39, 0.29) is 28.3 Å². The largest absolute Gasteiger partial charge is 0.478 e. The Morgan fingerprint density at radius 2 is 1.62 bits per heavy atom. The Bertz CT molecular complexity index is 1270. The lowest BCUT2D eigenvalue weighted by molar-refractivity contribution is -0.134. The van der Waals surface area contributed by atoms with Gasteiger partial charge in [0.2, 0.25) is 0 Å². The van der Waals surface area contributed by atoms with Gasteiger partial charge in [-0.3, -0.25) is 9.79 Å². The SMILES string of the molecule is CC(C)(C)CC[C@H](c1ccc(C(=O)O)cc1)N1C(=O)C(/C=C/c2ccc(Cl)cc2)=NC12CCC(C(C)(C)C)CC2. The van der Waals surface area contributed by atoms with Crippen LogP contribution in [0.15, 0.2) is 59.6 Å². The minimum atomic E-state index is -0.954. The first kappa shape index (κ1) is 30.0. The average Bonchev–Trinajstić information content (AvgIpc) is 3.14. The number of hydrogen-bond acceptors (Lipinski definition) is 3. The molecule has 4 rings (SSSR count). The van der Waals surface area contributed by atoms with E-state index in [4.69, 9.17) is 16.6 Å². The van der Waals surface area contributed by atoms with Crippen molar-refractivity contribution in [3.8, 4) is 0 Å². The number of aromatic carboxylic acids is 1. The van der Waals surface area contributed by atoms with Crippen LogP contribution in [0.3, 0.4) is 0 Å². The Morgan fingerprint density at radius 3 is 2.15 bits per heavy atom. The standard InChI is InChI=1S/C34H43ClN2O3/c1-32(2,3)20-19-29(24-10-12-25(13-11-24)31(39)40)37-30(38)28(16-9-23-7-14-27(35)15-8-23)36-34(37)21-17-26(18-22-34)33(4,5)6/h7-16,26,29H,17-22H2,1-6H3,(H,39,40)/b16-9+/t26?,29-,34?/m1/s1. The highest BCUT2D eigenvalue weighted by molar-refractivity contribution is 6.45. The number of rotatable bonds is 7. The van der Waals surface area contributed by atoms with Crippen LogP contribution in [0.25, 0.3) is 6.08 Å². The first-order valence-corrected chi connectivity index (χ1v) is 14.8. The summed E-state index contributed by atoms with van der Waals surface area (Å²) in [6, 6.07) is 14.4. The maximum absolute atomic E-state index is 14.3. The van der Waals surface area contributed by atoms with Crippen molar-refractivity contribution in [3.63, 3.8) is 0 Å². The highest BCUT2D eigenvalue weighted by Crippen LogP contribution is 2.50. The number of carbonyl (C=O) groups excluding carboxylic acids is 1. The minimum Gasteiger partial charge on any atom is -0.478 e. The molecule has 0 radical (unpaired) electrons. The van der Waals surface area contributed by atoms with Gasteiger partial charge in [-0.25, -0.2) is 4.79 Å². The predicted molar refractivity (Wildman–Crippen MR) is 164 cm³/mol. The smallest absolute Gasteiger partial charge is 0.335 e. The molecule has 0 saturated heterocycles. The van der Waals surface area contributed by atoms with Crippen LogP contribution in [0.2, 0.25) is 5.02 Å². The molecule has 214 valence electrons. The van der Waals surface area contributed by atoms with Crippen molar-refractivity contribution >= 4 is 35.3 Å². The van der Waals surface area contributed by atoms with Crippen LogP contribution in [0.1, 0.15) is 108 Å². The molecule has 1 fully saturated rings. The van der Waals surface area contributed by atoms with Gasteiger partial charge in [0.25, 0.3) is 5.91 Å². The summed E-state index contributed by atoms with van der Waals surface area (Å²) >= 11 is 6.06. The van der Waals surface area contributed by atoms with E-state index in [1.807, 2.05) is 48.6 Å². The summed E-state index contributed by atoms with van der Waals surface area (Å²) in [5.74, 6) is -0.438. The summed E-state index contributed by atoms with van der Waals surface area (Å²) < 4.78 is 0. The van der Waals surface area contributed by atoms with E-state index in [1.54, 1.807) is 12.1 Å². The van der Waals surface area contributed by atoms with Gasteiger partial charge in [0.15, 0.2) is 0 Å². The molecule has 2 aromatic rings. The van der Waals surface area contributed by atoms with E-state index in [0.717, 1.165) is 49.7 Å². The zero-order valence-corrected chi connectivity index (χ0v) is 25.5. The average molecular weight is 563 g/mol. The Balaban J connectivity index is 1.75. The molecule has 1 atom stereocenters. The topological polar surface area (TPSA) is 70.0 Å². The number of carboxylic acid groups (broad SMARTS) is 1. The van der Waals surface area contributed by atoms with E-state index in [0.29, 0.717) is 16.7 Å². The molecule has 1 spiro atoms. The van der Waals surface area contributed by atoms with Gasteiger partial charge in [-0.15, -0.1) is 0 Å². The van der Waals surface area contributed by atoms with Crippen molar-refractivity contribution in [2.24, 2.45) is 21.7 Å². The van der Waals surface area contributed by atoms with Crippen molar-refractivity contribution in [1.82, 2.24) is 4.90 Å². The lowest BCUT2D eigenvalue weighted by Gasteiger charge is -2.47. The molecule has 40 heavy (non-hydrogen) atoms. The van der Waals surface area contributed by atoms with Gasteiger partial charge in [-0.1, -0.05) is 83.5 Å². The van der Waals surface area contributed by atoms with Crippen molar-refractivity contribution < 1.29 is 14.7 Å². The summed E-state index contributed by atoms with van der Waals surface area (Å²) in [5, 5.41) is 10.1. The first-order valence-electron chi connectivity index (χ1n) is 14.4. The maximum Gasteiger partial charge on any atom is 0.335 e. The number of halogens is 1. The molecule has 0 unspecified atom stereocenters. The molecular formula is C34H43ClN2O3. The Kier molecular flexibility index (Phi) is 8.65. The number of carbonyl (C=O) groups is 2. The predicted octanol–water partition coefficient (Wildman–Crippen LogP) is 8.83. The van der Waals surface area contributed by atoms with Crippen LogP contribution in [0, 0.1) is 16.7 Å². The number of nitrogens with zero attached hydrogens (tertiary/aromatic N) is 2. The summed E-state index contributed by atoms with van der Waals surface area (Å²) in [6.45, 7) is 13.5. The third-order valence-electron chi connectivity index (χ3n) is 8.55. The van der Waals surface area contributed by atoms with E-state index in [1.165, 1.54) is 0 Å². The minimum absolute atomic E-state index is 0.0550. The third-order valence-corrected chi connectivity index (χ3v) is 8.80. The van der Waals surface area contributed by atoms with Crippen LogP contribution >= 0.6 is 11.6 Å². The molecule has 1 N–H and O–H groups in total. The van der Waals surface area contributed by atoms with Crippen molar-refractivity contribution in [1.29, 1.82) is 0 Å². The number of aliphatic imine (C=N–C) groups is 1. The molecule has 0 aromatic heterocycles. The van der Waals surface area contributed by atoms with Crippen LogP contribution in [-0.2, 0) is 4.79 Å². The zero-order valence-electron chi connectivity index (χ0n) is 24.7. The second-order valence-electron chi connectivity index (χ2n) is 13.7. The molecule has 0 bridgehead atoms. The van der Waals surface area contributed by atoms with Gasteiger partial charge in [-0.2, -0.15) is 0 Å². The second kappa shape index (κ2) is 11.5. The van der Waals surface area contributed by atoms with E-state index < -0.39 is 11.6 Å². The summed E-state index contributed by atoms with van der Waals surface area (Å²) in [6.07, 6.45) is 9.11. The molecule has 1 saturated carbocycles. The third kappa shape index (κ3) is 6.86. The lowest BCUT2D eigenvalue weighted by atomic mass is 9.69. The van der Waals surface area contributed by atoms with Gasteiger partial charge in [-0.05, 0) is 96.7 Å². The summed E-state index contributed by atoms with van der Waals surface area (Å²) in [4.78, 5) is 33.1. The highest BCUT2D eigenvalue weighted by atomic mass is 35.5. The van der Waals surface area contributed by atoms with Crippen LogP contribution in [-0.4, -0.2) is 33.3 Å². The van der Waals surface area contributed by atoms with Crippen LogP contribution in [0.4, 0.5) is 0 Å². The summed E-state index contributed by atoms with van der Waals surface area (Å²) in [5.41, 5.74) is 2.31. The molecule has 1 aliphatic heterocycles. The quantitative estimate of drug-likeness (QED) is 0.366. The van der Waals surface area contributed by atoms with Gasteiger partial charge in [0.05, 0.1) is 11.6 Å². The Morgan fingerprint density at radius 1 is 1.02 bits per heavy atom. The fraction of sp³-hybridized carbons (Fsp3) is 0.500. The lowest BCUT2D eigenvalue weighted by Crippen LogP contribution is -2.51. The first-order chi connectivity index (χ1) is 18.7. The molecule has 1 amide bonds. The fourth-order valence-electron chi connectivity index (χ4n) is 6.09. The van der Waals surface area contributed by atoms with E-state index in [2.05, 4.69) is 46.4 Å². The van der Waals surface area contributed by atoms with Gasteiger partial charge in [0, 0.05) is 5.02 Å². The fourth-order valence-corrected chi connectivity index (χ4v) is 6.21. The molecule has 5 nitrogen and oxygen atoms in total. The zero-order chi connectivity index (χ0) is 29.3. The highest BCUT2D eigenvalue weighted by Gasteiger charge is 2.52. The maximum atomic E-state index is 14.3. The Labute approximate surface area is 244 Å². The van der Waals surface area contributed by atoms with Gasteiger partial charge in [0.1, 0.15) is 11.4 Å². The molecule has 1 heterocycles. The normalized spacial score (nSPS) is 22.7. The second-order valence-corrected chi connectivity index (χ2v) is 14.2. The van der Waals surface area contributed by atoms with Crippen LogP contribution < -0.4 is 0 Å². The van der Waals surface area contributed by atoms with Gasteiger partial charge < -0.3 is 10.0 Å². The molecule has 6 heteroatoms. The van der Waals surface area contributed by atoms with E-state index >= 15 is 0 Å². The van der Waals surface area contributed by atoms with Crippen molar-refractivity contribution in [2.45, 2.75) is 91.8 Å². The van der Waals surface area contributed by atoms with E-state index in [9.17, 15) is 14.7 Å². The van der Waals surface area contributed by atoms with Crippen molar-refractivity contribution in [3.05, 3.63) is 76.3 Å². The van der Waals surface area contributed by atoms with Gasteiger partial charge >= 0.3 is 5.97 Å². The summed E-state index contributed by atoms with van der Waals surface area (Å²) in [7, 11) is 0. The van der Waals surface area contributed by atoms with Crippen LogP contribution in [0.5, 0.6) is 0 Å². The monoisotopic (exact) mass is 562 g/mol. The molecular weight excluding hydrogens is 520 g/mol. The molecule has 1 aliphatic carbocycles. The number of benzene rings is 2. The van der Waals surface area contributed by atoms with Crippen molar-refractivity contribution in [2.75, 3.05) is 0 Å². The molecule has 2 aliphatic rings. The number of amides is 1. The number of hydrogen-bond donors (Lipinski definition) is 1.